The van der Waals surface area contributed by atoms with Crippen molar-refractivity contribution in [2.75, 3.05) is 7.05 Å². The van der Waals surface area contributed by atoms with Crippen LogP contribution in [-0.2, 0) is 0 Å². The smallest absolute Gasteiger partial charge is 0.0574 e. The normalized spacial score (nSPS) is 12.5. The van der Waals surface area contributed by atoms with Crippen molar-refractivity contribution >= 4 is 33.4 Å². The van der Waals surface area contributed by atoms with Crippen LogP contribution in [0.3, 0.4) is 0 Å². The topological polar surface area (TPSA) is 12.0 Å². The Hall–Kier alpha value is -1.39. The van der Waals surface area contributed by atoms with Crippen LogP contribution >= 0.6 is 22.6 Å². The summed E-state index contributed by atoms with van der Waals surface area (Å²) in [5.74, 6) is 0. The number of hydrogen-bond acceptors (Lipinski definition) is 1. The summed E-state index contributed by atoms with van der Waals surface area (Å²) >= 11 is 2.36. The third-order valence-corrected chi connectivity index (χ3v) is 4.25. The van der Waals surface area contributed by atoms with E-state index in [1.54, 1.807) is 0 Å². The molecule has 100 valence electrons. The maximum Gasteiger partial charge on any atom is 0.0574 e. The number of rotatable bonds is 3. The zero-order valence-electron chi connectivity index (χ0n) is 11.3. The molecule has 0 fully saturated rings. The number of hydrogen-bond donors (Lipinski definition) is 1. The maximum absolute atomic E-state index is 3.42. The first-order valence-electron chi connectivity index (χ1n) is 6.69. The van der Waals surface area contributed by atoms with Crippen molar-refractivity contribution < 1.29 is 0 Å². The standard InChI is InChI=1S/C18H16IN/c1-20-18(15-7-4-8-17(19)12-15)16-10-9-13-5-2-3-6-14(13)11-16/h2-12,18,20H,1H3. The lowest BCUT2D eigenvalue weighted by Crippen LogP contribution is -2.17. The molecule has 1 unspecified atom stereocenters. The molecular formula is C18H16IN. The second-order valence-corrected chi connectivity index (χ2v) is 6.13. The molecule has 0 radical (unpaired) electrons. The molecule has 3 rings (SSSR count). The summed E-state index contributed by atoms with van der Waals surface area (Å²) in [6.07, 6.45) is 0. The van der Waals surface area contributed by atoms with E-state index in [-0.39, 0.29) is 6.04 Å². The van der Waals surface area contributed by atoms with Gasteiger partial charge in [0.2, 0.25) is 0 Å². The second-order valence-electron chi connectivity index (χ2n) is 4.88. The summed E-state index contributed by atoms with van der Waals surface area (Å²) in [7, 11) is 2.01. The van der Waals surface area contributed by atoms with Crippen LogP contribution in [0.1, 0.15) is 17.2 Å². The minimum Gasteiger partial charge on any atom is -0.309 e. The van der Waals surface area contributed by atoms with Gasteiger partial charge >= 0.3 is 0 Å². The summed E-state index contributed by atoms with van der Waals surface area (Å²) in [6.45, 7) is 0. The summed E-state index contributed by atoms with van der Waals surface area (Å²) < 4.78 is 1.26. The van der Waals surface area contributed by atoms with Gasteiger partial charge in [-0.3, -0.25) is 0 Å². The van der Waals surface area contributed by atoms with E-state index in [2.05, 4.69) is 94.6 Å². The molecule has 0 aromatic heterocycles. The lowest BCUT2D eigenvalue weighted by molar-refractivity contribution is 0.692. The van der Waals surface area contributed by atoms with Gasteiger partial charge < -0.3 is 5.32 Å². The van der Waals surface area contributed by atoms with Crippen LogP contribution in [0.25, 0.3) is 10.8 Å². The van der Waals surface area contributed by atoms with Gasteiger partial charge in [0.05, 0.1) is 6.04 Å². The van der Waals surface area contributed by atoms with E-state index < -0.39 is 0 Å². The molecule has 0 amide bonds. The highest BCUT2D eigenvalue weighted by Gasteiger charge is 2.12. The van der Waals surface area contributed by atoms with Gasteiger partial charge in [0.25, 0.3) is 0 Å². The van der Waals surface area contributed by atoms with E-state index >= 15 is 0 Å². The van der Waals surface area contributed by atoms with Crippen LogP contribution < -0.4 is 5.32 Å². The fourth-order valence-corrected chi connectivity index (χ4v) is 3.17. The third-order valence-electron chi connectivity index (χ3n) is 3.58. The quantitative estimate of drug-likeness (QED) is 0.654. The maximum atomic E-state index is 3.42. The third kappa shape index (κ3) is 2.72. The average Bonchev–Trinajstić information content (AvgIpc) is 2.48. The monoisotopic (exact) mass is 373 g/mol. The molecule has 2 heteroatoms. The lowest BCUT2D eigenvalue weighted by Gasteiger charge is -2.18. The van der Waals surface area contributed by atoms with Crippen molar-refractivity contribution in [2.24, 2.45) is 0 Å². The second kappa shape index (κ2) is 5.94. The predicted octanol–water partition coefficient (Wildman–Crippen LogP) is 4.75. The van der Waals surface area contributed by atoms with E-state index in [0.29, 0.717) is 0 Å². The number of nitrogens with one attached hydrogen (secondary N) is 1. The Morgan fingerprint density at radius 2 is 1.55 bits per heavy atom. The molecule has 0 aliphatic carbocycles. The van der Waals surface area contributed by atoms with Gasteiger partial charge in [0.15, 0.2) is 0 Å². The predicted molar refractivity (Wildman–Crippen MR) is 94.0 cm³/mol. The van der Waals surface area contributed by atoms with Gasteiger partial charge in [-0.1, -0.05) is 48.5 Å². The van der Waals surface area contributed by atoms with E-state index in [4.69, 9.17) is 0 Å². The van der Waals surface area contributed by atoms with Crippen LogP contribution in [0.15, 0.2) is 66.7 Å². The molecule has 1 nitrogen and oxygen atoms in total. The first kappa shape index (κ1) is 13.6. The van der Waals surface area contributed by atoms with Crippen molar-refractivity contribution in [3.8, 4) is 0 Å². The first-order valence-corrected chi connectivity index (χ1v) is 7.77. The Morgan fingerprint density at radius 3 is 2.30 bits per heavy atom. The van der Waals surface area contributed by atoms with Gasteiger partial charge in [-0.05, 0) is 69.7 Å². The van der Waals surface area contributed by atoms with E-state index in [1.807, 2.05) is 7.05 Å². The summed E-state index contributed by atoms with van der Waals surface area (Å²) in [5, 5.41) is 6.00. The minimum absolute atomic E-state index is 0.231. The van der Waals surface area contributed by atoms with Crippen molar-refractivity contribution in [3.05, 3.63) is 81.4 Å². The van der Waals surface area contributed by atoms with Gasteiger partial charge in [0.1, 0.15) is 0 Å². The van der Waals surface area contributed by atoms with Crippen LogP contribution in [-0.4, -0.2) is 7.05 Å². The van der Waals surface area contributed by atoms with Crippen LogP contribution in [0.2, 0.25) is 0 Å². The van der Waals surface area contributed by atoms with E-state index in [9.17, 15) is 0 Å². The Kier molecular flexibility index (Phi) is 4.03. The molecular weight excluding hydrogens is 357 g/mol. The highest BCUT2D eigenvalue weighted by Crippen LogP contribution is 2.26. The molecule has 0 spiro atoms. The largest absolute Gasteiger partial charge is 0.309 e. The van der Waals surface area contributed by atoms with Crippen LogP contribution in [0, 0.1) is 3.57 Å². The molecule has 3 aromatic carbocycles. The van der Waals surface area contributed by atoms with Gasteiger partial charge in [-0.15, -0.1) is 0 Å². The Labute approximate surface area is 133 Å². The molecule has 0 heterocycles. The van der Waals surface area contributed by atoms with Gasteiger partial charge in [0, 0.05) is 3.57 Å². The minimum atomic E-state index is 0.231. The molecule has 1 N–H and O–H groups in total. The number of benzene rings is 3. The zero-order valence-corrected chi connectivity index (χ0v) is 13.5. The molecule has 0 aliphatic rings. The molecule has 0 aliphatic heterocycles. The summed E-state index contributed by atoms with van der Waals surface area (Å²) in [5.41, 5.74) is 2.60. The molecule has 0 saturated carbocycles. The lowest BCUT2D eigenvalue weighted by atomic mass is 9.96. The Morgan fingerprint density at radius 1 is 0.800 bits per heavy atom. The summed E-state index contributed by atoms with van der Waals surface area (Å²) in [4.78, 5) is 0. The van der Waals surface area contributed by atoms with E-state index in [1.165, 1.54) is 25.5 Å². The number of fused-ring (bicyclic) bond motifs is 1. The number of halogens is 1. The van der Waals surface area contributed by atoms with Crippen LogP contribution in [0.4, 0.5) is 0 Å². The molecule has 1 atom stereocenters. The first-order chi connectivity index (χ1) is 9.78. The van der Waals surface area contributed by atoms with Crippen molar-refractivity contribution in [3.63, 3.8) is 0 Å². The van der Waals surface area contributed by atoms with Crippen molar-refractivity contribution in [2.45, 2.75) is 6.04 Å². The molecule has 0 bridgehead atoms. The van der Waals surface area contributed by atoms with Crippen molar-refractivity contribution in [1.29, 1.82) is 0 Å². The highest BCUT2D eigenvalue weighted by atomic mass is 127. The van der Waals surface area contributed by atoms with Crippen LogP contribution in [0.5, 0.6) is 0 Å². The average molecular weight is 373 g/mol. The fourth-order valence-electron chi connectivity index (χ4n) is 2.60. The molecule has 3 aromatic rings. The van der Waals surface area contributed by atoms with Gasteiger partial charge in [-0.25, -0.2) is 0 Å². The molecule has 0 saturated heterocycles. The highest BCUT2D eigenvalue weighted by molar-refractivity contribution is 14.1. The molecule has 20 heavy (non-hydrogen) atoms. The Balaban J connectivity index is 2.07. The Bertz CT molecular complexity index is 736. The van der Waals surface area contributed by atoms with Crippen molar-refractivity contribution in [1.82, 2.24) is 5.32 Å². The van der Waals surface area contributed by atoms with E-state index in [0.717, 1.165) is 0 Å². The zero-order chi connectivity index (χ0) is 13.9. The summed E-state index contributed by atoms with van der Waals surface area (Å²) in [6, 6.07) is 24.1. The van der Waals surface area contributed by atoms with Gasteiger partial charge in [-0.2, -0.15) is 0 Å². The SMILES string of the molecule is CNC(c1cccc(I)c1)c1ccc2ccccc2c1. The fraction of sp³-hybridized carbons (Fsp3) is 0.111.